The van der Waals surface area contributed by atoms with E-state index in [0.717, 1.165) is 36.8 Å². The van der Waals surface area contributed by atoms with Gasteiger partial charge in [-0.15, -0.1) is 6.58 Å². The third-order valence-electron chi connectivity index (χ3n) is 4.11. The molecular formula is C18H22ClFO. The smallest absolute Gasteiger partial charge is 0.147 e. The van der Waals surface area contributed by atoms with E-state index in [9.17, 15) is 4.39 Å². The highest BCUT2D eigenvalue weighted by atomic mass is 35.5. The average Bonchev–Trinajstić information content (AvgIpc) is 2.51. The molecular weight excluding hydrogens is 287 g/mol. The highest BCUT2D eigenvalue weighted by Crippen LogP contribution is 2.37. The molecule has 0 aliphatic heterocycles. The monoisotopic (exact) mass is 308 g/mol. The summed E-state index contributed by atoms with van der Waals surface area (Å²) < 4.78 is 19.2. The second-order valence-corrected chi connectivity index (χ2v) is 5.95. The van der Waals surface area contributed by atoms with Crippen molar-refractivity contribution in [2.75, 3.05) is 7.11 Å². The standard InChI is InChI=1S/C18H22ClFO/c1-3-4-5-13-6-8-14(9-7-13)16-11-10-15(12-21-2)18(20)17(16)19/h3,8,10-11,13H,1,4-7,9,12H2,2H3. The largest absolute Gasteiger partial charge is 0.380 e. The van der Waals surface area contributed by atoms with Gasteiger partial charge in [0, 0.05) is 12.7 Å². The first-order chi connectivity index (χ1) is 10.2. The highest BCUT2D eigenvalue weighted by Gasteiger charge is 2.19. The van der Waals surface area contributed by atoms with E-state index in [2.05, 4.69) is 12.7 Å². The predicted octanol–water partition coefficient (Wildman–Crippen LogP) is 5.78. The predicted molar refractivity (Wildman–Crippen MR) is 86.9 cm³/mol. The number of benzene rings is 1. The fraction of sp³-hybridized carbons (Fsp3) is 0.444. The minimum Gasteiger partial charge on any atom is -0.380 e. The zero-order valence-corrected chi connectivity index (χ0v) is 13.3. The zero-order chi connectivity index (χ0) is 15.2. The van der Waals surface area contributed by atoms with Crippen molar-refractivity contribution in [2.45, 2.75) is 38.7 Å². The summed E-state index contributed by atoms with van der Waals surface area (Å²) in [5.41, 5.74) is 2.50. The van der Waals surface area contributed by atoms with Gasteiger partial charge in [-0.25, -0.2) is 4.39 Å². The van der Waals surface area contributed by atoms with Crippen molar-refractivity contribution in [2.24, 2.45) is 5.92 Å². The van der Waals surface area contributed by atoms with Crippen LogP contribution >= 0.6 is 11.6 Å². The van der Waals surface area contributed by atoms with Gasteiger partial charge in [0.15, 0.2) is 0 Å². The number of halogens is 2. The first-order valence-electron chi connectivity index (χ1n) is 7.43. The molecule has 0 saturated heterocycles. The quantitative estimate of drug-likeness (QED) is 0.606. The van der Waals surface area contributed by atoms with Crippen LogP contribution in [-0.4, -0.2) is 7.11 Å². The summed E-state index contributed by atoms with van der Waals surface area (Å²) in [5, 5.41) is 0.223. The molecule has 1 atom stereocenters. The average molecular weight is 309 g/mol. The Labute approximate surface area is 131 Å². The lowest BCUT2D eigenvalue weighted by atomic mass is 9.84. The lowest BCUT2D eigenvalue weighted by molar-refractivity contribution is 0.181. The van der Waals surface area contributed by atoms with E-state index in [1.165, 1.54) is 6.42 Å². The molecule has 0 spiro atoms. The summed E-state index contributed by atoms with van der Waals surface area (Å²) in [5.74, 6) is 0.355. The summed E-state index contributed by atoms with van der Waals surface area (Å²) in [6.07, 6.45) is 9.58. The molecule has 0 N–H and O–H groups in total. The van der Waals surface area contributed by atoms with E-state index in [-0.39, 0.29) is 17.4 Å². The van der Waals surface area contributed by atoms with E-state index in [4.69, 9.17) is 16.3 Å². The van der Waals surface area contributed by atoms with Gasteiger partial charge in [-0.1, -0.05) is 35.9 Å². The maximum Gasteiger partial charge on any atom is 0.147 e. The van der Waals surface area contributed by atoms with Crippen LogP contribution in [0.5, 0.6) is 0 Å². The molecule has 0 amide bonds. The lowest BCUT2D eigenvalue weighted by Crippen LogP contribution is -2.06. The summed E-state index contributed by atoms with van der Waals surface area (Å²) in [6.45, 7) is 4.01. The number of hydrogen-bond donors (Lipinski definition) is 0. The fourth-order valence-corrected chi connectivity index (χ4v) is 3.16. The van der Waals surface area contributed by atoms with E-state index < -0.39 is 0 Å². The Morgan fingerprint density at radius 2 is 2.29 bits per heavy atom. The Morgan fingerprint density at radius 1 is 1.48 bits per heavy atom. The summed E-state index contributed by atoms with van der Waals surface area (Å²) in [7, 11) is 1.55. The van der Waals surface area contributed by atoms with Gasteiger partial charge in [-0.2, -0.15) is 0 Å². The molecule has 0 bridgehead atoms. The van der Waals surface area contributed by atoms with E-state index >= 15 is 0 Å². The molecule has 2 rings (SSSR count). The highest BCUT2D eigenvalue weighted by molar-refractivity contribution is 6.32. The molecule has 1 nitrogen and oxygen atoms in total. The van der Waals surface area contributed by atoms with Crippen molar-refractivity contribution >= 4 is 17.2 Å². The maximum atomic E-state index is 14.2. The minimum absolute atomic E-state index is 0.223. The van der Waals surface area contributed by atoms with Crippen molar-refractivity contribution in [1.82, 2.24) is 0 Å². The van der Waals surface area contributed by atoms with Crippen LogP contribution in [0.2, 0.25) is 5.02 Å². The van der Waals surface area contributed by atoms with E-state index in [0.29, 0.717) is 11.5 Å². The molecule has 21 heavy (non-hydrogen) atoms. The van der Waals surface area contributed by atoms with Crippen molar-refractivity contribution in [3.05, 3.63) is 52.8 Å². The van der Waals surface area contributed by atoms with Crippen LogP contribution in [0.15, 0.2) is 30.9 Å². The number of methoxy groups -OCH3 is 1. The van der Waals surface area contributed by atoms with Gasteiger partial charge >= 0.3 is 0 Å². The third kappa shape index (κ3) is 3.96. The van der Waals surface area contributed by atoms with Crippen LogP contribution in [0, 0.1) is 11.7 Å². The molecule has 1 aliphatic carbocycles. The van der Waals surface area contributed by atoms with Crippen molar-refractivity contribution < 1.29 is 9.13 Å². The summed E-state index contributed by atoms with van der Waals surface area (Å²) in [6, 6.07) is 3.68. The van der Waals surface area contributed by atoms with Crippen molar-refractivity contribution in [3.8, 4) is 0 Å². The molecule has 0 saturated carbocycles. The molecule has 0 aromatic heterocycles. The number of rotatable bonds is 6. The second-order valence-electron chi connectivity index (χ2n) is 5.57. The number of hydrogen-bond acceptors (Lipinski definition) is 1. The molecule has 0 radical (unpaired) electrons. The molecule has 3 heteroatoms. The van der Waals surface area contributed by atoms with Crippen LogP contribution in [0.1, 0.15) is 43.2 Å². The minimum atomic E-state index is -0.356. The number of allylic oxidation sites excluding steroid dienone is 3. The van der Waals surface area contributed by atoms with Gasteiger partial charge < -0.3 is 4.74 Å². The molecule has 0 heterocycles. The first-order valence-corrected chi connectivity index (χ1v) is 7.81. The van der Waals surface area contributed by atoms with Crippen molar-refractivity contribution in [1.29, 1.82) is 0 Å². The van der Waals surface area contributed by atoms with Gasteiger partial charge in [-0.05, 0) is 49.2 Å². The fourth-order valence-electron chi connectivity index (χ4n) is 2.85. The Morgan fingerprint density at radius 3 is 2.90 bits per heavy atom. The Hall–Kier alpha value is -1.12. The van der Waals surface area contributed by atoms with Gasteiger partial charge in [0.2, 0.25) is 0 Å². The Balaban J connectivity index is 2.14. The Kier molecular flexibility index (Phi) is 6.01. The normalized spacial score (nSPS) is 18.4. The van der Waals surface area contributed by atoms with Crippen LogP contribution in [0.3, 0.4) is 0 Å². The lowest BCUT2D eigenvalue weighted by Gasteiger charge is -2.22. The van der Waals surface area contributed by atoms with Crippen LogP contribution < -0.4 is 0 Å². The van der Waals surface area contributed by atoms with Crippen molar-refractivity contribution in [3.63, 3.8) is 0 Å². The summed E-state index contributed by atoms with van der Waals surface area (Å²) in [4.78, 5) is 0. The van der Waals surface area contributed by atoms with Gasteiger partial charge in [-0.3, -0.25) is 0 Å². The third-order valence-corrected chi connectivity index (χ3v) is 4.48. The van der Waals surface area contributed by atoms with Gasteiger partial charge in [0.25, 0.3) is 0 Å². The summed E-state index contributed by atoms with van der Waals surface area (Å²) >= 11 is 6.20. The second kappa shape index (κ2) is 7.77. The SMILES string of the molecule is C=CCCC1CC=C(c2ccc(COC)c(F)c2Cl)CC1. The zero-order valence-electron chi connectivity index (χ0n) is 12.5. The van der Waals surface area contributed by atoms with Crippen LogP contribution in [0.4, 0.5) is 4.39 Å². The van der Waals surface area contributed by atoms with Gasteiger partial charge in [0.1, 0.15) is 5.82 Å². The van der Waals surface area contributed by atoms with E-state index in [1.54, 1.807) is 13.2 Å². The molecule has 1 aromatic rings. The van der Waals surface area contributed by atoms with Gasteiger partial charge in [0.05, 0.1) is 11.6 Å². The van der Waals surface area contributed by atoms with Crippen LogP contribution in [0.25, 0.3) is 5.57 Å². The van der Waals surface area contributed by atoms with E-state index in [1.807, 2.05) is 12.1 Å². The molecule has 1 aromatic carbocycles. The maximum absolute atomic E-state index is 14.2. The van der Waals surface area contributed by atoms with Crippen LogP contribution in [-0.2, 0) is 11.3 Å². The Bertz CT molecular complexity index is 536. The molecule has 114 valence electrons. The number of ether oxygens (including phenoxy) is 1. The molecule has 0 fully saturated rings. The molecule has 1 aliphatic rings. The first kappa shape index (κ1) is 16.3. The molecule has 1 unspecified atom stereocenters. The topological polar surface area (TPSA) is 9.23 Å².